The van der Waals surface area contributed by atoms with Gasteiger partial charge in [-0.25, -0.2) is 0 Å². The van der Waals surface area contributed by atoms with E-state index in [4.69, 9.17) is 5.11 Å². The SMILES string of the molecule is CCC(CCO)CNC(C)=O. The average Bonchev–Trinajstić information content (AvgIpc) is 1.97. The molecular formula is C8H17NO2. The number of hydrogen-bond donors (Lipinski definition) is 2. The first kappa shape index (κ1) is 10.4. The van der Waals surface area contributed by atoms with E-state index in [0.717, 1.165) is 12.8 Å². The van der Waals surface area contributed by atoms with Gasteiger partial charge < -0.3 is 10.4 Å². The van der Waals surface area contributed by atoms with E-state index < -0.39 is 0 Å². The van der Waals surface area contributed by atoms with E-state index in [2.05, 4.69) is 12.2 Å². The number of rotatable bonds is 5. The Morgan fingerprint density at radius 1 is 1.64 bits per heavy atom. The molecule has 66 valence electrons. The monoisotopic (exact) mass is 159 g/mol. The van der Waals surface area contributed by atoms with E-state index in [-0.39, 0.29) is 12.5 Å². The van der Waals surface area contributed by atoms with Gasteiger partial charge in [0.25, 0.3) is 0 Å². The number of carbonyl (C=O) groups excluding carboxylic acids is 1. The van der Waals surface area contributed by atoms with Gasteiger partial charge in [0.1, 0.15) is 0 Å². The molecule has 0 fully saturated rings. The standard InChI is InChI=1S/C8H17NO2/c1-3-8(4-5-10)6-9-7(2)11/h8,10H,3-6H2,1-2H3,(H,9,11). The van der Waals surface area contributed by atoms with Crippen LogP contribution in [0.15, 0.2) is 0 Å². The summed E-state index contributed by atoms with van der Waals surface area (Å²) in [6.45, 7) is 4.46. The van der Waals surface area contributed by atoms with E-state index in [9.17, 15) is 4.79 Å². The molecular weight excluding hydrogens is 142 g/mol. The minimum atomic E-state index is 0.00129. The van der Waals surface area contributed by atoms with E-state index in [1.807, 2.05) is 0 Å². The summed E-state index contributed by atoms with van der Waals surface area (Å²) in [6, 6.07) is 0. The van der Waals surface area contributed by atoms with Crippen molar-refractivity contribution in [3.8, 4) is 0 Å². The van der Waals surface area contributed by atoms with Gasteiger partial charge in [0, 0.05) is 20.1 Å². The minimum Gasteiger partial charge on any atom is -0.396 e. The molecule has 0 rings (SSSR count). The Bertz CT molecular complexity index is 115. The molecule has 2 N–H and O–H groups in total. The highest BCUT2D eigenvalue weighted by Crippen LogP contribution is 2.04. The summed E-state index contributed by atoms with van der Waals surface area (Å²) < 4.78 is 0. The van der Waals surface area contributed by atoms with Gasteiger partial charge in [-0.1, -0.05) is 13.3 Å². The van der Waals surface area contributed by atoms with E-state index in [1.54, 1.807) is 0 Å². The zero-order valence-corrected chi connectivity index (χ0v) is 7.26. The predicted molar refractivity (Wildman–Crippen MR) is 44.2 cm³/mol. The Morgan fingerprint density at radius 2 is 2.27 bits per heavy atom. The van der Waals surface area contributed by atoms with Crippen molar-refractivity contribution < 1.29 is 9.90 Å². The van der Waals surface area contributed by atoms with Crippen LogP contribution in [0.4, 0.5) is 0 Å². The van der Waals surface area contributed by atoms with Crippen LogP contribution in [0.5, 0.6) is 0 Å². The summed E-state index contributed by atoms with van der Waals surface area (Å²) in [5.41, 5.74) is 0. The molecule has 0 saturated carbocycles. The second kappa shape index (κ2) is 6.16. The highest BCUT2D eigenvalue weighted by molar-refractivity contribution is 5.72. The minimum absolute atomic E-state index is 0.00129. The van der Waals surface area contributed by atoms with Gasteiger partial charge in [0.15, 0.2) is 0 Å². The van der Waals surface area contributed by atoms with Crippen molar-refractivity contribution in [2.45, 2.75) is 26.7 Å². The van der Waals surface area contributed by atoms with Crippen molar-refractivity contribution in [1.82, 2.24) is 5.32 Å². The third-order valence-electron chi connectivity index (χ3n) is 1.75. The number of aliphatic hydroxyl groups excluding tert-OH is 1. The van der Waals surface area contributed by atoms with Crippen molar-refractivity contribution in [3.05, 3.63) is 0 Å². The predicted octanol–water partition coefficient (Wildman–Crippen LogP) is 0.531. The topological polar surface area (TPSA) is 49.3 Å². The third kappa shape index (κ3) is 5.85. The molecule has 11 heavy (non-hydrogen) atoms. The number of amides is 1. The van der Waals surface area contributed by atoms with Crippen molar-refractivity contribution in [3.63, 3.8) is 0 Å². The summed E-state index contributed by atoms with van der Waals surface area (Å²) in [4.78, 5) is 10.5. The maximum absolute atomic E-state index is 10.5. The van der Waals surface area contributed by atoms with Crippen LogP contribution in [0.1, 0.15) is 26.7 Å². The molecule has 0 aromatic rings. The molecule has 0 bridgehead atoms. The van der Waals surface area contributed by atoms with Crippen LogP contribution in [-0.2, 0) is 4.79 Å². The van der Waals surface area contributed by atoms with Crippen molar-refractivity contribution in [2.24, 2.45) is 5.92 Å². The second-order valence-electron chi connectivity index (χ2n) is 2.72. The van der Waals surface area contributed by atoms with Crippen molar-refractivity contribution in [2.75, 3.05) is 13.2 Å². The van der Waals surface area contributed by atoms with Crippen molar-refractivity contribution in [1.29, 1.82) is 0 Å². The van der Waals surface area contributed by atoms with E-state index >= 15 is 0 Å². The molecule has 1 atom stereocenters. The Balaban J connectivity index is 3.43. The van der Waals surface area contributed by atoms with Crippen LogP contribution in [0.2, 0.25) is 0 Å². The maximum atomic E-state index is 10.5. The van der Waals surface area contributed by atoms with E-state index in [0.29, 0.717) is 12.5 Å². The third-order valence-corrected chi connectivity index (χ3v) is 1.75. The number of aliphatic hydroxyl groups is 1. The Morgan fingerprint density at radius 3 is 2.64 bits per heavy atom. The summed E-state index contributed by atoms with van der Waals surface area (Å²) in [6.07, 6.45) is 1.78. The molecule has 0 saturated heterocycles. The average molecular weight is 159 g/mol. The smallest absolute Gasteiger partial charge is 0.216 e. The largest absolute Gasteiger partial charge is 0.396 e. The first-order valence-electron chi connectivity index (χ1n) is 4.06. The molecule has 3 heteroatoms. The van der Waals surface area contributed by atoms with Crippen LogP contribution < -0.4 is 5.32 Å². The van der Waals surface area contributed by atoms with Crippen LogP contribution in [0, 0.1) is 5.92 Å². The second-order valence-corrected chi connectivity index (χ2v) is 2.72. The Kier molecular flexibility index (Phi) is 5.84. The summed E-state index contributed by atoms with van der Waals surface area (Å²) >= 11 is 0. The summed E-state index contributed by atoms with van der Waals surface area (Å²) in [5.74, 6) is 0.422. The molecule has 0 aliphatic carbocycles. The van der Waals surface area contributed by atoms with Gasteiger partial charge in [-0.3, -0.25) is 4.79 Å². The Labute approximate surface area is 67.8 Å². The summed E-state index contributed by atoms with van der Waals surface area (Å²) in [5, 5.41) is 11.4. The fourth-order valence-corrected chi connectivity index (χ4v) is 0.921. The molecule has 3 nitrogen and oxygen atoms in total. The maximum Gasteiger partial charge on any atom is 0.216 e. The van der Waals surface area contributed by atoms with Crippen LogP contribution in [0.25, 0.3) is 0 Å². The first-order chi connectivity index (χ1) is 5.20. The van der Waals surface area contributed by atoms with Gasteiger partial charge in [-0.15, -0.1) is 0 Å². The lowest BCUT2D eigenvalue weighted by atomic mass is 10.0. The molecule has 0 aromatic heterocycles. The quantitative estimate of drug-likeness (QED) is 0.614. The lowest BCUT2D eigenvalue weighted by molar-refractivity contribution is -0.119. The molecule has 1 unspecified atom stereocenters. The van der Waals surface area contributed by atoms with Gasteiger partial charge >= 0.3 is 0 Å². The normalized spacial score (nSPS) is 12.6. The van der Waals surface area contributed by atoms with Gasteiger partial charge in [-0.05, 0) is 12.3 Å². The molecule has 0 heterocycles. The lowest BCUT2D eigenvalue weighted by Crippen LogP contribution is -2.27. The number of carbonyl (C=O) groups is 1. The Hall–Kier alpha value is -0.570. The first-order valence-corrected chi connectivity index (χ1v) is 4.06. The molecule has 0 aliphatic rings. The zero-order valence-electron chi connectivity index (χ0n) is 7.26. The number of nitrogens with one attached hydrogen (secondary N) is 1. The lowest BCUT2D eigenvalue weighted by Gasteiger charge is -2.12. The fraction of sp³-hybridized carbons (Fsp3) is 0.875. The number of hydrogen-bond acceptors (Lipinski definition) is 2. The van der Waals surface area contributed by atoms with Crippen LogP contribution in [-0.4, -0.2) is 24.2 Å². The molecule has 0 spiro atoms. The fourth-order valence-electron chi connectivity index (χ4n) is 0.921. The van der Waals surface area contributed by atoms with Gasteiger partial charge in [-0.2, -0.15) is 0 Å². The molecule has 0 radical (unpaired) electrons. The molecule has 0 aromatic carbocycles. The molecule has 1 amide bonds. The molecule has 0 aliphatic heterocycles. The van der Waals surface area contributed by atoms with E-state index in [1.165, 1.54) is 6.92 Å². The van der Waals surface area contributed by atoms with Gasteiger partial charge in [0.05, 0.1) is 0 Å². The van der Waals surface area contributed by atoms with Crippen LogP contribution >= 0.6 is 0 Å². The highest BCUT2D eigenvalue weighted by atomic mass is 16.3. The van der Waals surface area contributed by atoms with Crippen molar-refractivity contribution >= 4 is 5.91 Å². The highest BCUT2D eigenvalue weighted by Gasteiger charge is 2.04. The van der Waals surface area contributed by atoms with Gasteiger partial charge in [0.2, 0.25) is 5.91 Å². The summed E-state index contributed by atoms with van der Waals surface area (Å²) in [7, 11) is 0. The van der Waals surface area contributed by atoms with Crippen LogP contribution in [0.3, 0.4) is 0 Å². The zero-order chi connectivity index (χ0) is 8.69.